The molecule has 10 unspecified atom stereocenters. The lowest BCUT2D eigenvalue weighted by Gasteiger charge is -2.31. The Kier molecular flexibility index (Phi) is 11.8. The first kappa shape index (κ1) is 32.7. The number of carbonyl (C=O) groups is 4. The largest absolute Gasteiger partial charge is 0.462 e. The maximum atomic E-state index is 11.2. The van der Waals surface area contributed by atoms with Gasteiger partial charge in [0.05, 0.1) is 26.4 Å². The van der Waals surface area contributed by atoms with Gasteiger partial charge in [-0.2, -0.15) is 0 Å². The van der Waals surface area contributed by atoms with E-state index in [2.05, 4.69) is 26.3 Å². The van der Waals surface area contributed by atoms with Gasteiger partial charge in [-0.3, -0.25) is 0 Å². The molecule has 5 aliphatic rings. The van der Waals surface area contributed by atoms with Gasteiger partial charge >= 0.3 is 23.9 Å². The number of rotatable bonds is 12. The minimum absolute atomic E-state index is 0.319. The molecule has 0 heterocycles. The summed E-state index contributed by atoms with van der Waals surface area (Å²) in [6.07, 6.45) is 15.3. The summed E-state index contributed by atoms with van der Waals surface area (Å²) in [7, 11) is 0. The average Bonchev–Trinajstić information content (AvgIpc) is 3.81. The molecule has 5 saturated carbocycles. The molecule has 43 heavy (non-hydrogen) atoms. The molecule has 5 fully saturated rings. The second-order valence-electron chi connectivity index (χ2n) is 13.2. The van der Waals surface area contributed by atoms with Crippen molar-refractivity contribution in [2.75, 3.05) is 26.4 Å². The average molecular weight is 597 g/mol. The van der Waals surface area contributed by atoms with Crippen molar-refractivity contribution in [3.05, 3.63) is 50.6 Å². The standard InChI is InChI=1S/C18H24O4.C17H24O4/c1-3-17(19)21-9-11-5-14-12-7-13(10-22-18(20)4-2)15(8-12)16(14)6-11;1-3-16(18)20-10-12-5-6-14-8-13(9-15(14)7-12)11-21-17(19)4-2/h3-4,11-16H,1-2,5-10H2;3-4,12-15H,1-2,5-11H2. The SMILES string of the molecule is C=CC(=O)OCC1CC2C3CC(COC(=O)C=C)C(C3)C2C1.C=CC(=O)OCC1CCC2CC(COC(=O)C=C)CC2C1. The summed E-state index contributed by atoms with van der Waals surface area (Å²) in [6.45, 7) is 15.7. The Hall–Kier alpha value is -3.16. The first-order valence-corrected chi connectivity index (χ1v) is 15.9. The van der Waals surface area contributed by atoms with Crippen molar-refractivity contribution in [3.8, 4) is 0 Å². The molecule has 0 aromatic rings. The van der Waals surface area contributed by atoms with E-state index < -0.39 is 0 Å². The van der Waals surface area contributed by atoms with E-state index in [-0.39, 0.29) is 23.9 Å². The molecule has 5 aliphatic carbocycles. The minimum Gasteiger partial charge on any atom is -0.462 e. The van der Waals surface area contributed by atoms with Crippen molar-refractivity contribution in [1.29, 1.82) is 0 Å². The number of hydrogen-bond donors (Lipinski definition) is 0. The Balaban J connectivity index is 0.000000197. The highest BCUT2D eigenvalue weighted by Crippen LogP contribution is 2.62. The lowest BCUT2D eigenvalue weighted by atomic mass is 9.76. The van der Waals surface area contributed by atoms with Gasteiger partial charge in [0.25, 0.3) is 0 Å². The normalized spacial score (nSPS) is 34.8. The quantitative estimate of drug-likeness (QED) is 0.162. The highest BCUT2D eigenvalue weighted by molar-refractivity contribution is 5.82. The molecule has 0 spiro atoms. The number of fused-ring (bicyclic) bond motifs is 6. The number of carbonyl (C=O) groups excluding carboxylic acids is 4. The smallest absolute Gasteiger partial charge is 0.330 e. The first-order valence-electron chi connectivity index (χ1n) is 15.9. The summed E-state index contributed by atoms with van der Waals surface area (Å²) in [5, 5.41) is 0. The van der Waals surface area contributed by atoms with Crippen molar-refractivity contribution in [3.63, 3.8) is 0 Å². The predicted octanol–water partition coefficient (Wildman–Crippen LogP) is 5.63. The van der Waals surface area contributed by atoms with Crippen LogP contribution in [0.15, 0.2) is 50.6 Å². The molecular weight excluding hydrogens is 548 g/mol. The van der Waals surface area contributed by atoms with Crippen LogP contribution >= 0.6 is 0 Å². The third-order valence-electron chi connectivity index (χ3n) is 10.7. The zero-order valence-electron chi connectivity index (χ0n) is 25.4. The second kappa shape index (κ2) is 15.5. The fraction of sp³-hybridized carbons (Fsp3) is 0.657. The molecule has 0 saturated heterocycles. The number of ether oxygens (including phenoxy) is 4. The first-order chi connectivity index (χ1) is 20.7. The number of hydrogen-bond acceptors (Lipinski definition) is 8. The van der Waals surface area contributed by atoms with Crippen LogP contribution in [0.5, 0.6) is 0 Å². The highest BCUT2D eigenvalue weighted by atomic mass is 16.5. The lowest BCUT2D eigenvalue weighted by Crippen LogP contribution is -2.28. The molecule has 0 amide bonds. The molecule has 0 aromatic carbocycles. The van der Waals surface area contributed by atoms with Gasteiger partial charge in [-0.25, -0.2) is 19.2 Å². The van der Waals surface area contributed by atoms with E-state index >= 15 is 0 Å². The van der Waals surface area contributed by atoms with Crippen LogP contribution in [0.25, 0.3) is 0 Å². The van der Waals surface area contributed by atoms with Gasteiger partial charge in [0.15, 0.2) is 0 Å². The molecule has 2 bridgehead atoms. The summed E-state index contributed by atoms with van der Waals surface area (Å²) in [4.78, 5) is 44.7. The molecule has 0 aliphatic heterocycles. The second-order valence-corrected chi connectivity index (χ2v) is 13.2. The summed E-state index contributed by atoms with van der Waals surface area (Å²) < 4.78 is 20.8. The zero-order chi connectivity index (χ0) is 30.9. The van der Waals surface area contributed by atoms with Crippen LogP contribution in [0.1, 0.15) is 57.8 Å². The molecule has 0 radical (unpaired) electrons. The molecule has 8 heteroatoms. The lowest BCUT2D eigenvalue weighted by molar-refractivity contribution is -0.140. The van der Waals surface area contributed by atoms with Gasteiger partial charge in [0.2, 0.25) is 0 Å². The molecule has 0 aromatic heterocycles. The Morgan fingerprint density at radius 1 is 0.465 bits per heavy atom. The van der Waals surface area contributed by atoms with E-state index in [0.29, 0.717) is 61.9 Å². The Morgan fingerprint density at radius 2 is 0.930 bits per heavy atom. The van der Waals surface area contributed by atoms with Gasteiger partial charge in [0.1, 0.15) is 0 Å². The molecule has 0 N–H and O–H groups in total. The van der Waals surface area contributed by atoms with Crippen molar-refractivity contribution in [1.82, 2.24) is 0 Å². The van der Waals surface area contributed by atoms with E-state index in [4.69, 9.17) is 18.9 Å². The maximum Gasteiger partial charge on any atom is 0.330 e. The van der Waals surface area contributed by atoms with Crippen LogP contribution in [0.2, 0.25) is 0 Å². The van der Waals surface area contributed by atoms with Crippen LogP contribution in [0.4, 0.5) is 0 Å². The van der Waals surface area contributed by atoms with E-state index in [1.54, 1.807) is 0 Å². The van der Waals surface area contributed by atoms with E-state index in [1.165, 1.54) is 50.0 Å². The Labute approximate surface area is 255 Å². The van der Waals surface area contributed by atoms with E-state index in [1.807, 2.05) is 0 Å². The minimum atomic E-state index is -0.335. The molecule has 236 valence electrons. The van der Waals surface area contributed by atoms with Crippen LogP contribution in [0.3, 0.4) is 0 Å². The van der Waals surface area contributed by atoms with Crippen LogP contribution in [-0.2, 0) is 38.1 Å². The van der Waals surface area contributed by atoms with Gasteiger partial charge in [-0.1, -0.05) is 26.3 Å². The van der Waals surface area contributed by atoms with E-state index in [0.717, 1.165) is 55.8 Å². The molecular formula is C35H48O8. The Bertz CT molecular complexity index is 1040. The summed E-state index contributed by atoms with van der Waals surface area (Å²) in [5.41, 5.74) is 0. The Morgan fingerprint density at radius 3 is 1.51 bits per heavy atom. The van der Waals surface area contributed by atoms with E-state index in [9.17, 15) is 19.2 Å². The van der Waals surface area contributed by atoms with Crippen LogP contribution < -0.4 is 0 Å². The number of esters is 4. The fourth-order valence-corrected chi connectivity index (χ4v) is 8.94. The van der Waals surface area contributed by atoms with Crippen molar-refractivity contribution < 1.29 is 38.1 Å². The highest BCUT2D eigenvalue weighted by Gasteiger charge is 2.56. The maximum absolute atomic E-state index is 11.2. The summed E-state index contributed by atoms with van der Waals surface area (Å²) >= 11 is 0. The van der Waals surface area contributed by atoms with Crippen LogP contribution in [0, 0.1) is 59.2 Å². The third-order valence-corrected chi connectivity index (χ3v) is 10.7. The topological polar surface area (TPSA) is 105 Å². The van der Waals surface area contributed by atoms with Gasteiger partial charge < -0.3 is 18.9 Å². The van der Waals surface area contributed by atoms with Crippen molar-refractivity contribution in [2.24, 2.45) is 59.2 Å². The fourth-order valence-electron chi connectivity index (χ4n) is 8.94. The van der Waals surface area contributed by atoms with Crippen molar-refractivity contribution in [2.45, 2.75) is 57.8 Å². The van der Waals surface area contributed by atoms with Gasteiger partial charge in [-0.15, -0.1) is 0 Å². The summed E-state index contributed by atoms with van der Waals surface area (Å²) in [6, 6.07) is 0. The van der Waals surface area contributed by atoms with Gasteiger partial charge in [-0.05, 0) is 117 Å². The molecule has 10 atom stereocenters. The van der Waals surface area contributed by atoms with Crippen LogP contribution in [-0.4, -0.2) is 50.3 Å². The van der Waals surface area contributed by atoms with Gasteiger partial charge in [0, 0.05) is 24.3 Å². The zero-order valence-corrected chi connectivity index (χ0v) is 25.4. The molecule has 8 nitrogen and oxygen atoms in total. The predicted molar refractivity (Wildman–Crippen MR) is 161 cm³/mol. The third kappa shape index (κ3) is 8.70. The monoisotopic (exact) mass is 596 g/mol. The van der Waals surface area contributed by atoms with Crippen molar-refractivity contribution >= 4 is 23.9 Å². The molecule has 5 rings (SSSR count). The summed E-state index contributed by atoms with van der Waals surface area (Å²) in [5.74, 6) is 4.97.